The van der Waals surface area contributed by atoms with Crippen molar-refractivity contribution >= 4 is 27.2 Å². The highest BCUT2D eigenvalue weighted by molar-refractivity contribution is 7.18. The lowest BCUT2D eigenvalue weighted by Gasteiger charge is -2.28. The molecule has 7 heteroatoms. The van der Waals surface area contributed by atoms with Crippen molar-refractivity contribution in [1.82, 2.24) is 20.4 Å². The van der Waals surface area contributed by atoms with Crippen LogP contribution in [0.2, 0.25) is 0 Å². The molecular formula is C22H21N5OS. The molecule has 0 saturated heterocycles. The molecule has 0 radical (unpaired) electrons. The van der Waals surface area contributed by atoms with Crippen LogP contribution in [0.3, 0.4) is 0 Å². The van der Waals surface area contributed by atoms with Gasteiger partial charge >= 0.3 is 0 Å². The van der Waals surface area contributed by atoms with Crippen molar-refractivity contribution < 1.29 is 0 Å². The first kappa shape index (κ1) is 18.0. The van der Waals surface area contributed by atoms with E-state index in [0.717, 1.165) is 57.9 Å². The number of aromatic nitrogens is 4. The van der Waals surface area contributed by atoms with E-state index in [1.807, 2.05) is 42.5 Å². The van der Waals surface area contributed by atoms with E-state index >= 15 is 0 Å². The molecule has 1 fully saturated rings. The topological polar surface area (TPSA) is 83.6 Å². The Kier molecular flexibility index (Phi) is 4.81. The van der Waals surface area contributed by atoms with Crippen LogP contribution in [0, 0.1) is 0 Å². The van der Waals surface area contributed by atoms with E-state index in [9.17, 15) is 4.79 Å². The van der Waals surface area contributed by atoms with Crippen molar-refractivity contribution in [2.24, 2.45) is 0 Å². The molecule has 1 saturated carbocycles. The van der Waals surface area contributed by atoms with E-state index in [0.29, 0.717) is 12.0 Å². The minimum absolute atomic E-state index is 0.120. The van der Waals surface area contributed by atoms with Crippen LogP contribution < -0.4 is 10.9 Å². The Morgan fingerprint density at radius 1 is 0.897 bits per heavy atom. The molecule has 0 spiro atoms. The van der Waals surface area contributed by atoms with Gasteiger partial charge in [0, 0.05) is 22.9 Å². The van der Waals surface area contributed by atoms with Crippen molar-refractivity contribution in [1.29, 1.82) is 0 Å². The van der Waals surface area contributed by atoms with Crippen LogP contribution in [0.1, 0.15) is 37.3 Å². The average Bonchev–Trinajstić information content (AvgIpc) is 3.24. The second-order valence-corrected chi connectivity index (χ2v) is 8.43. The van der Waals surface area contributed by atoms with E-state index in [4.69, 9.17) is 0 Å². The van der Waals surface area contributed by atoms with Crippen molar-refractivity contribution in [2.75, 3.05) is 5.32 Å². The van der Waals surface area contributed by atoms with E-state index in [-0.39, 0.29) is 5.56 Å². The first-order valence-corrected chi connectivity index (χ1v) is 10.7. The maximum Gasteiger partial charge on any atom is 0.272 e. The summed E-state index contributed by atoms with van der Waals surface area (Å²) in [5.41, 5.74) is 1.99. The second-order valence-electron chi connectivity index (χ2n) is 7.45. The smallest absolute Gasteiger partial charge is 0.272 e. The molecule has 0 unspecified atom stereocenters. The van der Waals surface area contributed by atoms with Gasteiger partial charge in [-0.1, -0.05) is 59.9 Å². The molecule has 0 amide bonds. The summed E-state index contributed by atoms with van der Waals surface area (Å²) in [7, 11) is 0. The Morgan fingerprint density at radius 2 is 1.62 bits per heavy atom. The molecule has 2 aromatic carbocycles. The van der Waals surface area contributed by atoms with Gasteiger partial charge in [-0.2, -0.15) is 5.10 Å². The molecule has 0 aliphatic heterocycles. The number of hydrogen-bond acceptors (Lipinski definition) is 6. The summed E-state index contributed by atoms with van der Waals surface area (Å²) >= 11 is 1.59. The molecular weight excluding hydrogens is 382 g/mol. The number of anilines is 1. The summed E-state index contributed by atoms with van der Waals surface area (Å²) in [6.45, 7) is 0. The normalized spacial score (nSPS) is 19.3. The summed E-state index contributed by atoms with van der Waals surface area (Å²) in [4.78, 5) is 12.0. The minimum Gasteiger partial charge on any atom is -0.357 e. The zero-order valence-corrected chi connectivity index (χ0v) is 16.7. The Bertz CT molecular complexity index is 1180. The van der Waals surface area contributed by atoms with Crippen LogP contribution in [-0.4, -0.2) is 26.4 Å². The van der Waals surface area contributed by atoms with Crippen LogP contribution >= 0.6 is 11.3 Å². The summed E-state index contributed by atoms with van der Waals surface area (Å²) in [6, 6.07) is 18.3. The molecule has 4 aromatic rings. The molecule has 146 valence electrons. The van der Waals surface area contributed by atoms with E-state index < -0.39 is 0 Å². The van der Waals surface area contributed by atoms with Gasteiger partial charge in [-0.15, -0.1) is 10.2 Å². The molecule has 2 N–H and O–H groups in total. The number of benzene rings is 2. The van der Waals surface area contributed by atoms with Gasteiger partial charge in [0.15, 0.2) is 0 Å². The second kappa shape index (κ2) is 7.75. The molecule has 1 aliphatic rings. The molecule has 2 aromatic heterocycles. The molecule has 0 bridgehead atoms. The van der Waals surface area contributed by atoms with Crippen LogP contribution in [0.4, 0.5) is 5.13 Å². The maximum absolute atomic E-state index is 12.0. The summed E-state index contributed by atoms with van der Waals surface area (Å²) in [5, 5.41) is 22.8. The summed E-state index contributed by atoms with van der Waals surface area (Å²) in [6.07, 6.45) is 4.15. The molecule has 6 nitrogen and oxygen atoms in total. The van der Waals surface area contributed by atoms with Crippen molar-refractivity contribution in [2.45, 2.75) is 37.6 Å². The van der Waals surface area contributed by atoms with Gasteiger partial charge < -0.3 is 5.32 Å². The number of nitrogens with zero attached hydrogens (tertiary/aromatic N) is 3. The van der Waals surface area contributed by atoms with Crippen LogP contribution in [0.25, 0.3) is 21.3 Å². The third kappa shape index (κ3) is 3.65. The number of hydrogen-bond donors (Lipinski definition) is 2. The van der Waals surface area contributed by atoms with E-state index in [2.05, 4.69) is 37.8 Å². The maximum atomic E-state index is 12.0. The molecule has 5 rings (SSSR count). The standard InChI is InChI=1S/C22H21N5OS/c28-20-18-9-5-4-8-17(18)19(24-25-20)14-10-12-16(13-11-14)23-22-27-26-21(29-22)15-6-2-1-3-7-15/h1-9,14,16H,10-13H2,(H,23,27)(H,25,28)/t14-,16-. The van der Waals surface area contributed by atoms with Gasteiger partial charge in [-0.3, -0.25) is 4.79 Å². The fraction of sp³-hybridized carbons (Fsp3) is 0.273. The Hall–Kier alpha value is -3.06. The minimum atomic E-state index is -0.120. The fourth-order valence-electron chi connectivity index (χ4n) is 4.11. The Morgan fingerprint density at radius 3 is 2.41 bits per heavy atom. The zero-order valence-electron chi connectivity index (χ0n) is 15.8. The molecule has 29 heavy (non-hydrogen) atoms. The number of H-pyrrole nitrogens is 1. The summed E-state index contributed by atoms with van der Waals surface area (Å²) < 4.78 is 0. The molecule has 0 atom stereocenters. The van der Waals surface area contributed by atoms with Crippen LogP contribution in [0.5, 0.6) is 0 Å². The Balaban J connectivity index is 1.27. The first-order chi connectivity index (χ1) is 14.3. The van der Waals surface area contributed by atoms with Gasteiger partial charge in [0.05, 0.1) is 11.1 Å². The first-order valence-electron chi connectivity index (χ1n) is 9.91. The lowest BCUT2D eigenvalue weighted by Crippen LogP contribution is -2.26. The number of rotatable bonds is 4. The molecule has 2 heterocycles. The van der Waals surface area contributed by atoms with Gasteiger partial charge in [-0.25, -0.2) is 5.10 Å². The zero-order chi connectivity index (χ0) is 19.6. The monoisotopic (exact) mass is 403 g/mol. The predicted octanol–water partition coefficient (Wildman–Crippen LogP) is 4.58. The van der Waals surface area contributed by atoms with Gasteiger partial charge in [-0.05, 0) is 31.7 Å². The highest BCUT2D eigenvalue weighted by atomic mass is 32.1. The molecule has 1 aliphatic carbocycles. The van der Waals surface area contributed by atoms with Crippen molar-refractivity contribution in [3.63, 3.8) is 0 Å². The number of nitrogens with one attached hydrogen (secondary N) is 2. The fourth-order valence-corrected chi connectivity index (χ4v) is 4.94. The SMILES string of the molecule is O=c1[nH]nc([C@H]2CC[C@H](Nc3nnc(-c4ccccc4)s3)CC2)c2ccccc12. The highest BCUT2D eigenvalue weighted by Gasteiger charge is 2.26. The number of fused-ring (bicyclic) bond motifs is 1. The van der Waals surface area contributed by atoms with E-state index in [1.165, 1.54) is 0 Å². The summed E-state index contributed by atoms with van der Waals surface area (Å²) in [5.74, 6) is 0.365. The van der Waals surface area contributed by atoms with Gasteiger partial charge in [0.2, 0.25) is 5.13 Å². The average molecular weight is 404 g/mol. The third-order valence-corrected chi connectivity index (χ3v) is 6.52. The van der Waals surface area contributed by atoms with Gasteiger partial charge in [0.1, 0.15) is 5.01 Å². The third-order valence-electron chi connectivity index (χ3n) is 5.61. The highest BCUT2D eigenvalue weighted by Crippen LogP contribution is 2.36. The van der Waals surface area contributed by atoms with E-state index in [1.54, 1.807) is 11.3 Å². The quantitative estimate of drug-likeness (QED) is 0.521. The number of aromatic amines is 1. The van der Waals surface area contributed by atoms with Crippen molar-refractivity contribution in [3.8, 4) is 10.6 Å². The van der Waals surface area contributed by atoms with Crippen LogP contribution in [0.15, 0.2) is 59.4 Å². The van der Waals surface area contributed by atoms with Gasteiger partial charge in [0.25, 0.3) is 5.56 Å². The largest absolute Gasteiger partial charge is 0.357 e. The predicted molar refractivity (Wildman–Crippen MR) is 116 cm³/mol. The lowest BCUT2D eigenvalue weighted by atomic mass is 9.83. The lowest BCUT2D eigenvalue weighted by molar-refractivity contribution is 0.406. The van der Waals surface area contributed by atoms with Crippen molar-refractivity contribution in [3.05, 3.63) is 70.6 Å². The Labute approximate surface area is 172 Å². The van der Waals surface area contributed by atoms with Crippen LogP contribution in [-0.2, 0) is 0 Å².